The van der Waals surface area contributed by atoms with Crippen LogP contribution in [-0.2, 0) is 0 Å². The van der Waals surface area contributed by atoms with Gasteiger partial charge >= 0.3 is 5.97 Å². The molecule has 0 bridgehead atoms. The van der Waals surface area contributed by atoms with Crippen molar-refractivity contribution in [3.8, 4) is 11.3 Å². The third-order valence-corrected chi connectivity index (χ3v) is 3.58. The van der Waals surface area contributed by atoms with Gasteiger partial charge in [-0.3, -0.25) is 9.97 Å². The molecule has 3 heterocycles. The molecule has 18 heavy (non-hydrogen) atoms. The van der Waals surface area contributed by atoms with E-state index in [4.69, 9.17) is 0 Å². The fourth-order valence-corrected chi connectivity index (χ4v) is 2.76. The third kappa shape index (κ3) is 1.63. The summed E-state index contributed by atoms with van der Waals surface area (Å²) in [6.45, 7) is 0. The van der Waals surface area contributed by atoms with Crippen LogP contribution in [0, 0.1) is 0 Å². The Labute approximate surface area is 106 Å². The Kier molecular flexibility index (Phi) is 2.49. The molecule has 3 aromatic rings. The molecule has 0 aliphatic heterocycles. The number of carbonyl (C=O) groups is 1. The molecule has 0 amide bonds. The fraction of sp³-hybridized carbons (Fsp3) is 0. The third-order valence-electron chi connectivity index (χ3n) is 2.48. The number of aromatic nitrogens is 3. The van der Waals surface area contributed by atoms with E-state index in [9.17, 15) is 9.90 Å². The summed E-state index contributed by atoms with van der Waals surface area (Å²) < 4.78 is 0. The highest BCUT2D eigenvalue weighted by Gasteiger charge is 2.20. The molecule has 3 rings (SSSR count). The number of thiophene rings is 1. The number of nitrogens with zero attached hydrogens (tertiary/aromatic N) is 3. The van der Waals surface area contributed by atoms with E-state index in [2.05, 4.69) is 15.0 Å². The lowest BCUT2D eigenvalue weighted by atomic mass is 10.1. The van der Waals surface area contributed by atoms with Crippen molar-refractivity contribution in [1.29, 1.82) is 0 Å². The number of aromatic carboxylic acids is 1. The normalized spacial score (nSPS) is 10.7. The summed E-state index contributed by atoms with van der Waals surface area (Å²) in [6, 6.07) is 3.62. The molecule has 3 aromatic heterocycles. The van der Waals surface area contributed by atoms with Crippen LogP contribution < -0.4 is 0 Å². The van der Waals surface area contributed by atoms with Crippen LogP contribution in [0.3, 0.4) is 0 Å². The Bertz CT molecular complexity index is 725. The highest BCUT2D eigenvalue weighted by Crippen LogP contribution is 2.36. The van der Waals surface area contributed by atoms with E-state index in [1.54, 1.807) is 30.9 Å². The van der Waals surface area contributed by atoms with Crippen molar-refractivity contribution < 1.29 is 9.90 Å². The van der Waals surface area contributed by atoms with Gasteiger partial charge in [-0.05, 0) is 12.1 Å². The first-order chi connectivity index (χ1) is 8.77. The number of fused-ring (bicyclic) bond motifs is 1. The Hall–Kier alpha value is -2.34. The van der Waals surface area contributed by atoms with Crippen molar-refractivity contribution in [2.24, 2.45) is 0 Å². The van der Waals surface area contributed by atoms with Crippen LogP contribution in [0.1, 0.15) is 9.67 Å². The minimum absolute atomic E-state index is 0.240. The molecule has 0 fully saturated rings. The summed E-state index contributed by atoms with van der Waals surface area (Å²) in [4.78, 5) is 24.6. The van der Waals surface area contributed by atoms with Gasteiger partial charge in [0.25, 0.3) is 0 Å². The summed E-state index contributed by atoms with van der Waals surface area (Å²) in [5.41, 5.74) is 1.14. The van der Waals surface area contributed by atoms with Gasteiger partial charge in [0, 0.05) is 29.5 Å². The zero-order valence-corrected chi connectivity index (χ0v) is 9.89. The van der Waals surface area contributed by atoms with Gasteiger partial charge in [0.1, 0.15) is 9.71 Å². The molecule has 88 valence electrons. The van der Waals surface area contributed by atoms with Gasteiger partial charge in [0.2, 0.25) is 0 Å². The topological polar surface area (TPSA) is 76.0 Å². The first-order valence-corrected chi connectivity index (χ1v) is 5.96. The zero-order valence-electron chi connectivity index (χ0n) is 9.07. The average Bonchev–Trinajstić information content (AvgIpc) is 2.79. The van der Waals surface area contributed by atoms with E-state index in [1.165, 1.54) is 0 Å². The first kappa shape index (κ1) is 10.8. The zero-order chi connectivity index (χ0) is 12.5. The van der Waals surface area contributed by atoms with Crippen LogP contribution in [0.15, 0.2) is 36.9 Å². The number of pyridine rings is 1. The van der Waals surface area contributed by atoms with E-state index in [1.807, 2.05) is 6.07 Å². The number of rotatable bonds is 2. The largest absolute Gasteiger partial charge is 0.477 e. The maximum Gasteiger partial charge on any atom is 0.346 e. The van der Waals surface area contributed by atoms with E-state index in [0.29, 0.717) is 16.1 Å². The summed E-state index contributed by atoms with van der Waals surface area (Å²) in [5, 5.41) is 10.1. The van der Waals surface area contributed by atoms with Crippen LogP contribution >= 0.6 is 11.3 Å². The summed E-state index contributed by atoms with van der Waals surface area (Å²) in [7, 11) is 0. The van der Waals surface area contributed by atoms with E-state index in [0.717, 1.165) is 16.7 Å². The highest BCUT2D eigenvalue weighted by atomic mass is 32.1. The standard InChI is InChI=1S/C12H7N3O2S/c16-12(17)10-9(8-6-13-4-5-14-8)7-2-1-3-15-11(7)18-10/h1-6H,(H,16,17). The van der Waals surface area contributed by atoms with E-state index < -0.39 is 5.97 Å². The van der Waals surface area contributed by atoms with Crippen LogP contribution in [-0.4, -0.2) is 26.0 Å². The quantitative estimate of drug-likeness (QED) is 0.763. The van der Waals surface area contributed by atoms with Gasteiger partial charge in [-0.25, -0.2) is 9.78 Å². The number of carboxylic acid groups (broad SMARTS) is 1. The second-order valence-corrected chi connectivity index (χ2v) is 4.56. The Morgan fingerprint density at radius 2 is 2.11 bits per heavy atom. The number of hydrogen-bond acceptors (Lipinski definition) is 5. The molecule has 0 unspecified atom stereocenters. The van der Waals surface area contributed by atoms with Crippen molar-refractivity contribution in [1.82, 2.24) is 15.0 Å². The van der Waals surface area contributed by atoms with Crippen LogP contribution in [0.25, 0.3) is 21.5 Å². The second-order valence-electron chi connectivity index (χ2n) is 3.56. The molecular weight excluding hydrogens is 250 g/mol. The van der Waals surface area contributed by atoms with Crippen molar-refractivity contribution in [2.75, 3.05) is 0 Å². The Morgan fingerprint density at radius 1 is 1.22 bits per heavy atom. The van der Waals surface area contributed by atoms with Crippen LogP contribution in [0.5, 0.6) is 0 Å². The summed E-state index contributed by atoms with van der Waals surface area (Å²) in [5.74, 6) is -0.973. The molecule has 0 spiro atoms. The molecule has 1 N–H and O–H groups in total. The maximum absolute atomic E-state index is 11.3. The number of carboxylic acids is 1. The smallest absolute Gasteiger partial charge is 0.346 e. The predicted octanol–water partition coefficient (Wildman–Crippen LogP) is 2.45. The molecule has 0 radical (unpaired) electrons. The van der Waals surface area contributed by atoms with E-state index in [-0.39, 0.29) is 4.88 Å². The van der Waals surface area contributed by atoms with Gasteiger partial charge in [-0.15, -0.1) is 11.3 Å². The molecule has 0 aliphatic rings. The van der Waals surface area contributed by atoms with Gasteiger partial charge in [-0.1, -0.05) is 0 Å². The maximum atomic E-state index is 11.3. The molecule has 0 aliphatic carbocycles. The molecule has 0 atom stereocenters. The lowest BCUT2D eigenvalue weighted by molar-refractivity contribution is 0.0703. The SMILES string of the molecule is O=C(O)c1sc2ncccc2c1-c1cnccn1. The molecule has 6 heteroatoms. The minimum atomic E-state index is -0.973. The summed E-state index contributed by atoms with van der Waals surface area (Å²) in [6.07, 6.45) is 6.30. The first-order valence-electron chi connectivity index (χ1n) is 5.14. The van der Waals surface area contributed by atoms with Crippen molar-refractivity contribution in [3.63, 3.8) is 0 Å². The monoisotopic (exact) mass is 257 g/mol. The average molecular weight is 257 g/mol. The molecule has 0 aromatic carbocycles. The minimum Gasteiger partial charge on any atom is -0.477 e. The molecular formula is C12H7N3O2S. The fourth-order valence-electron chi connectivity index (χ4n) is 1.77. The number of hydrogen-bond donors (Lipinski definition) is 1. The molecule has 5 nitrogen and oxygen atoms in total. The van der Waals surface area contributed by atoms with Crippen LogP contribution in [0.4, 0.5) is 0 Å². The molecule has 0 saturated heterocycles. The van der Waals surface area contributed by atoms with Crippen LogP contribution in [0.2, 0.25) is 0 Å². The van der Waals surface area contributed by atoms with E-state index >= 15 is 0 Å². The predicted molar refractivity (Wildman–Crippen MR) is 67.6 cm³/mol. The summed E-state index contributed by atoms with van der Waals surface area (Å²) >= 11 is 1.15. The Balaban J connectivity index is 2.38. The highest BCUT2D eigenvalue weighted by molar-refractivity contribution is 7.21. The lowest BCUT2D eigenvalue weighted by Gasteiger charge is -1.99. The van der Waals surface area contributed by atoms with Gasteiger partial charge < -0.3 is 5.11 Å². The second kappa shape index (κ2) is 4.15. The van der Waals surface area contributed by atoms with Crippen molar-refractivity contribution >= 4 is 27.5 Å². The van der Waals surface area contributed by atoms with Gasteiger partial charge in [0.15, 0.2) is 0 Å². The molecule has 0 saturated carbocycles. The van der Waals surface area contributed by atoms with Gasteiger partial charge in [-0.2, -0.15) is 0 Å². The Morgan fingerprint density at radius 3 is 2.83 bits per heavy atom. The van der Waals surface area contributed by atoms with Gasteiger partial charge in [0.05, 0.1) is 11.9 Å². The van der Waals surface area contributed by atoms with Crippen molar-refractivity contribution in [3.05, 3.63) is 41.8 Å². The lowest BCUT2D eigenvalue weighted by Crippen LogP contribution is -1.96. The van der Waals surface area contributed by atoms with Crippen molar-refractivity contribution in [2.45, 2.75) is 0 Å².